The molecule has 1 aliphatic rings. The fourth-order valence-corrected chi connectivity index (χ4v) is 3.89. The van der Waals surface area contributed by atoms with E-state index in [1.807, 2.05) is 0 Å². The number of piperidine rings is 1. The highest BCUT2D eigenvalue weighted by atomic mass is 16.4. The van der Waals surface area contributed by atoms with Crippen molar-refractivity contribution in [3.8, 4) is 0 Å². The monoisotopic (exact) mass is 494 g/mol. The van der Waals surface area contributed by atoms with E-state index in [1.165, 1.54) is 4.90 Å². The van der Waals surface area contributed by atoms with Gasteiger partial charge in [0.15, 0.2) is 0 Å². The van der Waals surface area contributed by atoms with Crippen LogP contribution in [0, 0.1) is 11.3 Å². The fraction of sp³-hybridized carbons (Fsp3) is 0.320. The molecule has 2 aromatic carbocycles. The molecular weight excluding hydrogens is 464 g/mol. The van der Waals surface area contributed by atoms with Crippen molar-refractivity contribution in [1.82, 2.24) is 10.2 Å². The Morgan fingerprint density at radius 2 is 1.53 bits per heavy atom. The molecule has 11 nitrogen and oxygen atoms in total. The minimum Gasteiger partial charge on any atom is -0.465 e. The number of hydrogen-bond acceptors (Lipinski definition) is 5. The van der Waals surface area contributed by atoms with Gasteiger partial charge in [-0.3, -0.25) is 19.8 Å². The van der Waals surface area contributed by atoms with Crippen molar-refractivity contribution < 1.29 is 24.3 Å². The minimum absolute atomic E-state index is 0.0742. The lowest BCUT2D eigenvalue weighted by Crippen LogP contribution is -2.40. The first-order valence-electron chi connectivity index (χ1n) is 11.5. The highest BCUT2D eigenvalue weighted by molar-refractivity contribution is 6.04. The van der Waals surface area contributed by atoms with Gasteiger partial charge in [-0.15, -0.1) is 0 Å². The molecule has 0 aromatic heterocycles. The number of benzene rings is 2. The van der Waals surface area contributed by atoms with Crippen LogP contribution in [0.15, 0.2) is 48.5 Å². The van der Waals surface area contributed by atoms with Crippen molar-refractivity contribution in [2.75, 3.05) is 23.7 Å². The Morgan fingerprint density at radius 1 is 0.972 bits per heavy atom. The Hall–Kier alpha value is -4.41. The van der Waals surface area contributed by atoms with Gasteiger partial charge in [-0.25, -0.2) is 4.79 Å². The number of carboxylic acid groups (broad SMARTS) is 1. The van der Waals surface area contributed by atoms with Crippen LogP contribution >= 0.6 is 0 Å². The number of amidine groups is 1. The summed E-state index contributed by atoms with van der Waals surface area (Å²) in [6.45, 7) is 2.47. The molecule has 0 radical (unpaired) electrons. The third-order valence-electron chi connectivity index (χ3n) is 5.99. The topological polar surface area (TPSA) is 178 Å². The lowest BCUT2D eigenvalue weighted by molar-refractivity contribution is -0.127. The summed E-state index contributed by atoms with van der Waals surface area (Å²) in [5.41, 5.74) is 7.85. The van der Waals surface area contributed by atoms with Crippen molar-refractivity contribution in [2.45, 2.75) is 32.2 Å². The molecular formula is C25H30N6O5. The number of anilines is 2. The third kappa shape index (κ3) is 7.29. The first-order valence-corrected chi connectivity index (χ1v) is 11.5. The van der Waals surface area contributed by atoms with Crippen LogP contribution in [0.5, 0.6) is 0 Å². The predicted octanol–water partition coefficient (Wildman–Crippen LogP) is 2.51. The van der Waals surface area contributed by atoms with Crippen LogP contribution in [0.4, 0.5) is 16.2 Å². The predicted molar refractivity (Wildman–Crippen MR) is 135 cm³/mol. The molecule has 36 heavy (non-hydrogen) atoms. The Bertz CT molecular complexity index is 1120. The van der Waals surface area contributed by atoms with Crippen LogP contribution in [0.3, 0.4) is 0 Å². The zero-order valence-electron chi connectivity index (χ0n) is 19.9. The van der Waals surface area contributed by atoms with E-state index in [0.29, 0.717) is 42.9 Å². The Balaban J connectivity index is 1.44. The van der Waals surface area contributed by atoms with Crippen LogP contribution in [0.2, 0.25) is 0 Å². The molecule has 1 saturated heterocycles. The standard InChI is InChI=1S/C25H30N6O5/c1-15(28-21(32)14-22(33)29-19-8-4-17(5-9-19)23(26)27)16-2-6-20(7-3-16)30-24(34)18-10-12-31(13-11-18)25(35)36/h2-9,15,18H,10-14H2,1H3,(H3,26,27)(H,28,32)(H,29,33)(H,30,34)(H,35,36). The van der Waals surface area contributed by atoms with Crippen molar-refractivity contribution >= 4 is 41.0 Å². The highest BCUT2D eigenvalue weighted by Crippen LogP contribution is 2.21. The normalized spacial score (nSPS) is 14.4. The third-order valence-corrected chi connectivity index (χ3v) is 5.99. The van der Waals surface area contributed by atoms with Crippen LogP contribution in [0.25, 0.3) is 0 Å². The van der Waals surface area contributed by atoms with Crippen molar-refractivity contribution in [2.24, 2.45) is 11.7 Å². The molecule has 0 aliphatic carbocycles. The highest BCUT2D eigenvalue weighted by Gasteiger charge is 2.27. The number of hydrogen-bond donors (Lipinski definition) is 6. The fourth-order valence-electron chi connectivity index (χ4n) is 3.89. The summed E-state index contributed by atoms with van der Waals surface area (Å²) >= 11 is 0. The maximum absolute atomic E-state index is 12.5. The molecule has 1 atom stereocenters. The van der Waals surface area contributed by atoms with Gasteiger partial charge in [0.2, 0.25) is 17.7 Å². The van der Waals surface area contributed by atoms with E-state index in [1.54, 1.807) is 55.5 Å². The largest absolute Gasteiger partial charge is 0.465 e. The summed E-state index contributed by atoms with van der Waals surface area (Å²) in [5.74, 6) is -1.37. The average Bonchev–Trinajstić information content (AvgIpc) is 2.84. The summed E-state index contributed by atoms with van der Waals surface area (Å²) in [7, 11) is 0. The quantitative estimate of drug-likeness (QED) is 0.186. The van der Waals surface area contributed by atoms with Gasteiger partial charge >= 0.3 is 6.09 Å². The zero-order valence-corrected chi connectivity index (χ0v) is 19.9. The van der Waals surface area contributed by atoms with Crippen LogP contribution in [-0.4, -0.2) is 52.7 Å². The molecule has 11 heteroatoms. The number of carbonyl (C=O) groups is 4. The first-order chi connectivity index (χ1) is 17.1. The van der Waals surface area contributed by atoms with E-state index in [4.69, 9.17) is 16.2 Å². The smallest absolute Gasteiger partial charge is 0.407 e. The number of carbonyl (C=O) groups excluding carboxylic acids is 3. The van der Waals surface area contributed by atoms with E-state index in [9.17, 15) is 19.2 Å². The van der Waals surface area contributed by atoms with Gasteiger partial charge in [-0.1, -0.05) is 12.1 Å². The second kappa shape index (κ2) is 11.8. The van der Waals surface area contributed by atoms with Gasteiger partial charge in [-0.2, -0.15) is 0 Å². The van der Waals surface area contributed by atoms with Gasteiger partial charge < -0.3 is 31.7 Å². The number of nitrogens with zero attached hydrogens (tertiary/aromatic N) is 1. The van der Waals surface area contributed by atoms with Gasteiger partial charge in [-0.05, 0) is 61.7 Å². The van der Waals surface area contributed by atoms with Gasteiger partial charge in [0.05, 0.1) is 6.04 Å². The maximum atomic E-state index is 12.5. The van der Waals surface area contributed by atoms with E-state index >= 15 is 0 Å². The second-order valence-corrected chi connectivity index (χ2v) is 8.66. The molecule has 0 saturated carbocycles. The van der Waals surface area contributed by atoms with Crippen molar-refractivity contribution in [3.63, 3.8) is 0 Å². The van der Waals surface area contributed by atoms with E-state index < -0.39 is 17.9 Å². The number of nitrogens with two attached hydrogens (primary N) is 1. The van der Waals surface area contributed by atoms with Crippen LogP contribution < -0.4 is 21.7 Å². The maximum Gasteiger partial charge on any atom is 0.407 e. The van der Waals surface area contributed by atoms with Crippen LogP contribution in [0.1, 0.15) is 43.4 Å². The Morgan fingerprint density at radius 3 is 2.08 bits per heavy atom. The van der Waals surface area contributed by atoms with Crippen molar-refractivity contribution in [1.29, 1.82) is 5.41 Å². The number of nitrogen functional groups attached to an aromatic ring is 1. The molecule has 1 aliphatic heterocycles. The molecule has 0 bridgehead atoms. The van der Waals surface area contributed by atoms with Crippen LogP contribution in [-0.2, 0) is 14.4 Å². The number of likely N-dealkylation sites (tertiary alicyclic amines) is 1. The Kier molecular flexibility index (Phi) is 8.61. The number of amides is 4. The zero-order chi connectivity index (χ0) is 26.2. The Labute approximate surface area is 208 Å². The van der Waals surface area contributed by atoms with Gasteiger partial charge in [0.1, 0.15) is 12.3 Å². The molecule has 1 fully saturated rings. The summed E-state index contributed by atoms with van der Waals surface area (Å²) < 4.78 is 0. The summed E-state index contributed by atoms with van der Waals surface area (Å²) in [6.07, 6.45) is -0.354. The molecule has 4 amide bonds. The van der Waals surface area contributed by atoms with E-state index in [-0.39, 0.29) is 30.1 Å². The molecule has 0 spiro atoms. The lowest BCUT2D eigenvalue weighted by Gasteiger charge is -2.29. The lowest BCUT2D eigenvalue weighted by atomic mass is 9.96. The van der Waals surface area contributed by atoms with E-state index in [0.717, 1.165) is 5.56 Å². The summed E-state index contributed by atoms with van der Waals surface area (Å²) in [4.78, 5) is 49.3. The van der Waals surface area contributed by atoms with Gasteiger partial charge in [0.25, 0.3) is 0 Å². The summed E-state index contributed by atoms with van der Waals surface area (Å²) in [6, 6.07) is 13.1. The van der Waals surface area contributed by atoms with E-state index in [2.05, 4.69) is 16.0 Å². The molecule has 7 N–H and O–H groups in total. The molecule has 190 valence electrons. The first kappa shape index (κ1) is 26.2. The minimum atomic E-state index is -0.966. The average molecular weight is 495 g/mol. The summed E-state index contributed by atoms with van der Waals surface area (Å²) in [5, 5.41) is 24.7. The molecule has 3 rings (SSSR count). The molecule has 1 unspecified atom stereocenters. The molecule has 1 heterocycles. The molecule has 2 aromatic rings. The second-order valence-electron chi connectivity index (χ2n) is 8.66. The SMILES string of the molecule is CC(NC(=O)CC(=O)Nc1ccc(C(=N)N)cc1)c1ccc(NC(=O)C2CCN(C(=O)O)CC2)cc1. The number of rotatable bonds is 8. The van der Waals surface area contributed by atoms with Crippen molar-refractivity contribution in [3.05, 3.63) is 59.7 Å². The van der Waals surface area contributed by atoms with Gasteiger partial charge in [0, 0.05) is 35.9 Å². The number of nitrogens with one attached hydrogen (secondary N) is 4.